The molecule has 2 rings (SSSR count). The standard InChI is InChI=1S/C15H20BrNO3/c1-2-14(11-4-3-5-12(16)8-11)17-6-7-20-10-13(17)9-15(18)19/h3-5,8,13-14H,2,6-7,9-10H2,1H3,(H,18,19). The van der Waals surface area contributed by atoms with Crippen LogP contribution in [0.5, 0.6) is 0 Å². The van der Waals surface area contributed by atoms with Gasteiger partial charge in [0.1, 0.15) is 0 Å². The van der Waals surface area contributed by atoms with Gasteiger partial charge < -0.3 is 9.84 Å². The normalized spacial score (nSPS) is 21.6. The van der Waals surface area contributed by atoms with Crippen molar-refractivity contribution in [3.8, 4) is 0 Å². The number of carboxylic acid groups (broad SMARTS) is 1. The number of halogens is 1. The van der Waals surface area contributed by atoms with Crippen LogP contribution in [0.15, 0.2) is 28.7 Å². The molecule has 2 unspecified atom stereocenters. The number of nitrogens with zero attached hydrogens (tertiary/aromatic N) is 1. The molecule has 4 nitrogen and oxygen atoms in total. The molecule has 1 saturated heterocycles. The zero-order valence-corrected chi connectivity index (χ0v) is 13.2. The zero-order chi connectivity index (χ0) is 14.5. The summed E-state index contributed by atoms with van der Waals surface area (Å²) in [7, 11) is 0. The summed E-state index contributed by atoms with van der Waals surface area (Å²) in [6.07, 6.45) is 1.08. The van der Waals surface area contributed by atoms with E-state index in [0.717, 1.165) is 17.4 Å². The lowest BCUT2D eigenvalue weighted by Crippen LogP contribution is -2.48. The van der Waals surface area contributed by atoms with E-state index in [9.17, 15) is 4.79 Å². The lowest BCUT2D eigenvalue weighted by Gasteiger charge is -2.40. The predicted octanol–water partition coefficient (Wildman–Crippen LogP) is 3.08. The van der Waals surface area contributed by atoms with Crippen LogP contribution >= 0.6 is 15.9 Å². The van der Waals surface area contributed by atoms with Crippen molar-refractivity contribution < 1.29 is 14.6 Å². The highest BCUT2D eigenvalue weighted by Gasteiger charge is 2.30. The van der Waals surface area contributed by atoms with Crippen molar-refractivity contribution in [2.24, 2.45) is 0 Å². The summed E-state index contributed by atoms with van der Waals surface area (Å²) < 4.78 is 6.51. The van der Waals surface area contributed by atoms with Crippen molar-refractivity contribution in [3.63, 3.8) is 0 Å². The van der Waals surface area contributed by atoms with Crippen LogP contribution in [-0.2, 0) is 9.53 Å². The average Bonchev–Trinajstić information content (AvgIpc) is 2.41. The third kappa shape index (κ3) is 3.81. The minimum absolute atomic E-state index is 0.0508. The van der Waals surface area contributed by atoms with E-state index in [2.05, 4.69) is 39.9 Å². The van der Waals surface area contributed by atoms with Crippen molar-refractivity contribution in [2.75, 3.05) is 19.8 Å². The van der Waals surface area contributed by atoms with Gasteiger partial charge >= 0.3 is 5.97 Å². The molecule has 110 valence electrons. The van der Waals surface area contributed by atoms with Crippen LogP contribution in [0.25, 0.3) is 0 Å². The van der Waals surface area contributed by atoms with Gasteiger partial charge in [0.05, 0.1) is 19.6 Å². The van der Waals surface area contributed by atoms with E-state index in [1.165, 1.54) is 5.56 Å². The number of rotatable bonds is 5. The highest BCUT2D eigenvalue weighted by molar-refractivity contribution is 9.10. The maximum absolute atomic E-state index is 11.0. The van der Waals surface area contributed by atoms with Crippen molar-refractivity contribution in [1.29, 1.82) is 0 Å². The second-order valence-electron chi connectivity index (χ2n) is 5.04. The topological polar surface area (TPSA) is 49.8 Å². The first-order valence-corrected chi connectivity index (χ1v) is 7.72. The van der Waals surface area contributed by atoms with E-state index in [-0.39, 0.29) is 18.5 Å². The molecule has 0 radical (unpaired) electrons. The Morgan fingerprint density at radius 2 is 2.40 bits per heavy atom. The molecule has 0 aliphatic carbocycles. The maximum Gasteiger partial charge on any atom is 0.305 e. The first-order chi connectivity index (χ1) is 9.61. The Hall–Kier alpha value is -0.910. The van der Waals surface area contributed by atoms with Crippen molar-refractivity contribution in [2.45, 2.75) is 31.8 Å². The number of carbonyl (C=O) groups is 1. The number of aliphatic carboxylic acids is 1. The molecule has 1 N–H and O–H groups in total. The van der Waals surface area contributed by atoms with Gasteiger partial charge in [-0.15, -0.1) is 0 Å². The molecule has 0 amide bonds. The Labute approximate surface area is 127 Å². The van der Waals surface area contributed by atoms with Gasteiger partial charge in [0.2, 0.25) is 0 Å². The van der Waals surface area contributed by atoms with Crippen LogP contribution in [0.4, 0.5) is 0 Å². The largest absolute Gasteiger partial charge is 0.481 e. The Morgan fingerprint density at radius 1 is 1.60 bits per heavy atom. The predicted molar refractivity (Wildman–Crippen MR) is 80.7 cm³/mol. The summed E-state index contributed by atoms with van der Waals surface area (Å²) in [4.78, 5) is 13.3. The second kappa shape index (κ2) is 7.20. The summed E-state index contributed by atoms with van der Waals surface area (Å²) in [5.41, 5.74) is 1.22. The summed E-state index contributed by atoms with van der Waals surface area (Å²) in [5.74, 6) is -0.769. The number of ether oxygens (including phenoxy) is 1. The van der Waals surface area contributed by atoms with Crippen molar-refractivity contribution in [1.82, 2.24) is 4.90 Å². The fourth-order valence-corrected chi connectivity index (χ4v) is 3.25. The SMILES string of the molecule is CCC(c1cccc(Br)c1)N1CCOCC1CC(=O)O. The highest BCUT2D eigenvalue weighted by Crippen LogP contribution is 2.30. The summed E-state index contributed by atoms with van der Waals surface area (Å²) in [5, 5.41) is 9.06. The van der Waals surface area contributed by atoms with Gasteiger partial charge in [-0.1, -0.05) is 35.0 Å². The number of hydrogen-bond donors (Lipinski definition) is 1. The monoisotopic (exact) mass is 341 g/mol. The van der Waals surface area contributed by atoms with Crippen LogP contribution in [-0.4, -0.2) is 41.8 Å². The molecule has 1 fully saturated rings. The van der Waals surface area contributed by atoms with E-state index in [4.69, 9.17) is 9.84 Å². The lowest BCUT2D eigenvalue weighted by atomic mass is 9.99. The Kier molecular flexibility index (Phi) is 5.57. The summed E-state index contributed by atoms with van der Waals surface area (Å²) >= 11 is 3.50. The Morgan fingerprint density at radius 3 is 3.05 bits per heavy atom. The van der Waals surface area contributed by atoms with Gasteiger partial charge in [0.25, 0.3) is 0 Å². The average molecular weight is 342 g/mol. The molecule has 1 aliphatic heterocycles. The van der Waals surface area contributed by atoms with E-state index < -0.39 is 5.97 Å². The minimum atomic E-state index is -0.769. The summed E-state index contributed by atoms with van der Waals surface area (Å²) in [6, 6.07) is 8.43. The molecule has 1 aliphatic rings. The van der Waals surface area contributed by atoms with Gasteiger partial charge in [-0.3, -0.25) is 9.69 Å². The first kappa shape index (κ1) is 15.5. The zero-order valence-electron chi connectivity index (χ0n) is 11.6. The van der Waals surface area contributed by atoms with Gasteiger partial charge in [0, 0.05) is 23.1 Å². The highest BCUT2D eigenvalue weighted by atomic mass is 79.9. The Bertz CT molecular complexity index is 466. The first-order valence-electron chi connectivity index (χ1n) is 6.92. The Balaban J connectivity index is 2.21. The van der Waals surface area contributed by atoms with Crippen LogP contribution in [0.3, 0.4) is 0 Å². The summed E-state index contributed by atoms with van der Waals surface area (Å²) in [6.45, 7) is 4.08. The van der Waals surface area contributed by atoms with E-state index >= 15 is 0 Å². The fraction of sp³-hybridized carbons (Fsp3) is 0.533. The third-order valence-corrected chi connectivity index (χ3v) is 4.20. The number of morpholine rings is 1. The van der Waals surface area contributed by atoms with Gasteiger partial charge in [-0.2, -0.15) is 0 Å². The van der Waals surface area contributed by atoms with Crippen LogP contribution < -0.4 is 0 Å². The number of carboxylic acids is 1. The minimum Gasteiger partial charge on any atom is -0.481 e. The molecule has 0 bridgehead atoms. The molecule has 0 spiro atoms. The van der Waals surface area contributed by atoms with Crippen molar-refractivity contribution >= 4 is 21.9 Å². The molecule has 1 aromatic rings. The van der Waals surface area contributed by atoms with Crippen LogP contribution in [0.1, 0.15) is 31.4 Å². The van der Waals surface area contributed by atoms with E-state index in [1.54, 1.807) is 0 Å². The fourth-order valence-electron chi connectivity index (χ4n) is 2.83. The smallest absolute Gasteiger partial charge is 0.305 e. The number of benzene rings is 1. The molecule has 1 aromatic carbocycles. The van der Waals surface area contributed by atoms with E-state index in [0.29, 0.717) is 13.2 Å². The van der Waals surface area contributed by atoms with Gasteiger partial charge in [-0.25, -0.2) is 0 Å². The molecular weight excluding hydrogens is 322 g/mol. The van der Waals surface area contributed by atoms with Crippen LogP contribution in [0.2, 0.25) is 0 Å². The number of hydrogen-bond acceptors (Lipinski definition) is 3. The van der Waals surface area contributed by atoms with Gasteiger partial charge in [0.15, 0.2) is 0 Å². The van der Waals surface area contributed by atoms with Crippen molar-refractivity contribution in [3.05, 3.63) is 34.3 Å². The third-order valence-electron chi connectivity index (χ3n) is 3.70. The van der Waals surface area contributed by atoms with Gasteiger partial charge in [-0.05, 0) is 24.1 Å². The molecule has 0 aromatic heterocycles. The molecular formula is C15H20BrNO3. The quantitative estimate of drug-likeness (QED) is 0.894. The molecule has 5 heteroatoms. The molecule has 0 saturated carbocycles. The molecule has 20 heavy (non-hydrogen) atoms. The second-order valence-corrected chi connectivity index (χ2v) is 5.96. The van der Waals surface area contributed by atoms with Crippen LogP contribution in [0, 0.1) is 0 Å². The molecule has 1 heterocycles. The van der Waals surface area contributed by atoms with E-state index in [1.807, 2.05) is 12.1 Å². The maximum atomic E-state index is 11.0. The molecule has 2 atom stereocenters. The lowest BCUT2D eigenvalue weighted by molar-refractivity contribution is -0.141.